The zero-order chi connectivity index (χ0) is 14.3. The van der Waals surface area contributed by atoms with Gasteiger partial charge in [0, 0.05) is 5.54 Å². The Bertz CT molecular complexity index is 322. The molecule has 0 aliphatic carbocycles. The van der Waals surface area contributed by atoms with Crippen molar-refractivity contribution >= 4 is 18.0 Å². The highest BCUT2D eigenvalue weighted by Crippen LogP contribution is 2.11. The van der Waals surface area contributed by atoms with Crippen LogP contribution in [-0.2, 0) is 14.3 Å². The Morgan fingerprint density at radius 2 is 1.78 bits per heavy atom. The van der Waals surface area contributed by atoms with Gasteiger partial charge in [-0.2, -0.15) is 0 Å². The van der Waals surface area contributed by atoms with Gasteiger partial charge >= 0.3 is 12.1 Å². The van der Waals surface area contributed by atoms with Crippen LogP contribution in [0, 0.1) is 0 Å². The first-order chi connectivity index (χ1) is 8.16. The molecule has 0 unspecified atom stereocenters. The van der Waals surface area contributed by atoms with Gasteiger partial charge in [0.1, 0.15) is 0 Å². The summed E-state index contributed by atoms with van der Waals surface area (Å²) in [7, 11) is 0. The van der Waals surface area contributed by atoms with Gasteiger partial charge in [-0.1, -0.05) is 0 Å². The van der Waals surface area contributed by atoms with Crippen molar-refractivity contribution < 1.29 is 24.2 Å². The maximum atomic E-state index is 11.5. The van der Waals surface area contributed by atoms with E-state index in [-0.39, 0.29) is 19.7 Å². The lowest BCUT2D eigenvalue weighted by atomic mass is 10.1. The third-order valence-electron chi connectivity index (χ3n) is 2.13. The summed E-state index contributed by atoms with van der Waals surface area (Å²) in [5.41, 5.74) is -0.496. The predicted octanol–water partition coefficient (Wildman–Crippen LogP) is 0.444. The molecule has 2 N–H and O–H groups in total. The Morgan fingerprint density at radius 3 is 2.17 bits per heavy atom. The topological polar surface area (TPSA) is 95.9 Å². The van der Waals surface area contributed by atoms with Crippen molar-refractivity contribution in [3.63, 3.8) is 0 Å². The standard InChI is InChI=1S/C11H20N2O5/c1-5-18-10(17)12-8(14)6-13(7-9(15)16)11(2,3)4/h5-7H2,1-4H3,(H,15,16)(H,12,14,17). The number of carbonyl (C=O) groups is 3. The van der Waals surface area contributed by atoms with Gasteiger partial charge in [0.15, 0.2) is 0 Å². The van der Waals surface area contributed by atoms with E-state index in [1.807, 2.05) is 5.32 Å². The van der Waals surface area contributed by atoms with E-state index in [2.05, 4.69) is 4.74 Å². The summed E-state index contributed by atoms with van der Waals surface area (Å²) in [4.78, 5) is 34.7. The molecule has 0 atom stereocenters. The Hall–Kier alpha value is -1.63. The number of hydrogen-bond donors (Lipinski definition) is 2. The van der Waals surface area contributed by atoms with Gasteiger partial charge in [0.05, 0.1) is 19.7 Å². The van der Waals surface area contributed by atoms with Crippen molar-refractivity contribution in [1.29, 1.82) is 0 Å². The van der Waals surface area contributed by atoms with Crippen LogP contribution < -0.4 is 5.32 Å². The molecule has 0 heterocycles. The Kier molecular flexibility index (Phi) is 6.32. The lowest BCUT2D eigenvalue weighted by Crippen LogP contribution is -2.50. The smallest absolute Gasteiger partial charge is 0.413 e. The van der Waals surface area contributed by atoms with E-state index in [1.54, 1.807) is 27.7 Å². The zero-order valence-electron chi connectivity index (χ0n) is 11.1. The highest BCUT2D eigenvalue weighted by molar-refractivity contribution is 5.93. The number of aliphatic carboxylic acids is 1. The van der Waals surface area contributed by atoms with E-state index < -0.39 is 23.5 Å². The molecule has 0 saturated heterocycles. The number of nitrogens with one attached hydrogen (secondary N) is 1. The molecule has 0 fully saturated rings. The number of imide groups is 1. The van der Waals surface area contributed by atoms with Crippen LogP contribution >= 0.6 is 0 Å². The van der Waals surface area contributed by atoms with Crippen LogP contribution in [0.5, 0.6) is 0 Å². The average Bonchev–Trinajstić information content (AvgIpc) is 2.14. The second-order valence-corrected chi connectivity index (χ2v) is 4.69. The largest absolute Gasteiger partial charge is 0.480 e. The number of rotatable bonds is 5. The normalized spacial score (nSPS) is 11.2. The highest BCUT2D eigenvalue weighted by Gasteiger charge is 2.26. The fraction of sp³-hybridized carbons (Fsp3) is 0.727. The van der Waals surface area contributed by atoms with Crippen LogP contribution in [0.3, 0.4) is 0 Å². The molecular formula is C11H20N2O5. The molecule has 0 aromatic heterocycles. The van der Waals surface area contributed by atoms with Crippen LogP contribution in [-0.4, -0.2) is 53.2 Å². The SMILES string of the molecule is CCOC(=O)NC(=O)CN(CC(=O)O)C(C)(C)C. The third kappa shape index (κ3) is 6.85. The molecule has 0 bridgehead atoms. The number of amides is 2. The molecule has 104 valence electrons. The molecule has 0 rings (SSSR count). The van der Waals surface area contributed by atoms with E-state index in [9.17, 15) is 14.4 Å². The molecule has 0 spiro atoms. The van der Waals surface area contributed by atoms with Gasteiger partial charge in [-0.3, -0.25) is 19.8 Å². The van der Waals surface area contributed by atoms with Crippen LogP contribution in [0.4, 0.5) is 4.79 Å². The first kappa shape index (κ1) is 16.4. The molecule has 7 heteroatoms. The maximum Gasteiger partial charge on any atom is 0.413 e. The van der Waals surface area contributed by atoms with Crippen molar-refractivity contribution in [2.24, 2.45) is 0 Å². The van der Waals surface area contributed by atoms with E-state index in [0.717, 1.165) is 0 Å². The van der Waals surface area contributed by atoms with Crippen LogP contribution in [0.1, 0.15) is 27.7 Å². The van der Waals surface area contributed by atoms with Crippen molar-refractivity contribution in [1.82, 2.24) is 10.2 Å². The molecular weight excluding hydrogens is 240 g/mol. The average molecular weight is 260 g/mol. The number of hydrogen-bond acceptors (Lipinski definition) is 5. The molecule has 18 heavy (non-hydrogen) atoms. The Morgan fingerprint density at radius 1 is 1.22 bits per heavy atom. The maximum absolute atomic E-state index is 11.5. The molecule has 2 amide bonds. The number of carbonyl (C=O) groups excluding carboxylic acids is 2. The summed E-state index contributed by atoms with van der Waals surface area (Å²) < 4.78 is 4.56. The summed E-state index contributed by atoms with van der Waals surface area (Å²) in [6, 6.07) is 0. The van der Waals surface area contributed by atoms with E-state index in [0.29, 0.717) is 0 Å². The fourth-order valence-electron chi connectivity index (χ4n) is 1.19. The summed E-state index contributed by atoms with van der Waals surface area (Å²) in [5.74, 6) is -1.63. The minimum atomic E-state index is -1.03. The zero-order valence-corrected chi connectivity index (χ0v) is 11.1. The number of ether oxygens (including phenoxy) is 1. The quantitative estimate of drug-likeness (QED) is 0.744. The van der Waals surface area contributed by atoms with Crippen molar-refractivity contribution in [2.75, 3.05) is 19.7 Å². The highest BCUT2D eigenvalue weighted by atomic mass is 16.5. The van der Waals surface area contributed by atoms with Gasteiger partial charge in [-0.25, -0.2) is 4.79 Å². The number of alkyl carbamates (subject to hydrolysis) is 1. The van der Waals surface area contributed by atoms with Gasteiger partial charge in [0.25, 0.3) is 0 Å². The summed E-state index contributed by atoms with van der Waals surface area (Å²) in [5, 5.41) is 10.8. The van der Waals surface area contributed by atoms with Gasteiger partial charge in [-0.05, 0) is 27.7 Å². The van der Waals surface area contributed by atoms with E-state index >= 15 is 0 Å². The molecule has 7 nitrogen and oxygen atoms in total. The Labute approximate surface area is 106 Å². The Balaban J connectivity index is 4.45. The number of carboxylic acid groups (broad SMARTS) is 1. The fourth-order valence-corrected chi connectivity index (χ4v) is 1.19. The number of nitrogens with zero attached hydrogens (tertiary/aromatic N) is 1. The van der Waals surface area contributed by atoms with Gasteiger partial charge < -0.3 is 9.84 Å². The van der Waals surface area contributed by atoms with Crippen molar-refractivity contribution in [3.05, 3.63) is 0 Å². The summed E-state index contributed by atoms with van der Waals surface area (Å²) >= 11 is 0. The van der Waals surface area contributed by atoms with E-state index in [1.165, 1.54) is 4.90 Å². The van der Waals surface area contributed by atoms with Crippen LogP contribution in [0.15, 0.2) is 0 Å². The lowest BCUT2D eigenvalue weighted by molar-refractivity contribution is -0.140. The van der Waals surface area contributed by atoms with Crippen LogP contribution in [0.2, 0.25) is 0 Å². The predicted molar refractivity (Wildman–Crippen MR) is 64.1 cm³/mol. The van der Waals surface area contributed by atoms with E-state index in [4.69, 9.17) is 5.11 Å². The summed E-state index contributed by atoms with van der Waals surface area (Å²) in [6.07, 6.45) is -0.827. The molecule has 0 aromatic carbocycles. The first-order valence-corrected chi connectivity index (χ1v) is 5.60. The van der Waals surface area contributed by atoms with Crippen molar-refractivity contribution in [3.8, 4) is 0 Å². The molecule has 0 radical (unpaired) electrons. The van der Waals surface area contributed by atoms with Crippen molar-refractivity contribution in [2.45, 2.75) is 33.2 Å². The van der Waals surface area contributed by atoms with Gasteiger partial charge in [0.2, 0.25) is 5.91 Å². The van der Waals surface area contributed by atoms with Crippen LogP contribution in [0.25, 0.3) is 0 Å². The lowest BCUT2D eigenvalue weighted by Gasteiger charge is -2.33. The molecule has 0 aliphatic heterocycles. The molecule has 0 aliphatic rings. The minimum Gasteiger partial charge on any atom is -0.480 e. The number of carboxylic acids is 1. The second-order valence-electron chi connectivity index (χ2n) is 4.69. The third-order valence-corrected chi connectivity index (χ3v) is 2.13. The molecule has 0 saturated carbocycles. The van der Waals surface area contributed by atoms with Gasteiger partial charge in [-0.15, -0.1) is 0 Å². The molecule has 0 aromatic rings. The minimum absolute atomic E-state index is 0.164. The first-order valence-electron chi connectivity index (χ1n) is 5.60. The monoisotopic (exact) mass is 260 g/mol. The second kappa shape index (κ2) is 6.95. The summed E-state index contributed by atoms with van der Waals surface area (Å²) in [6.45, 7) is 6.68.